The molecule has 9 N–H and O–H groups in total. The largest absolute Gasteiger partial charge is 0.391 e. The van der Waals surface area contributed by atoms with Crippen LogP contribution in [0, 0.1) is 0 Å². The van der Waals surface area contributed by atoms with Gasteiger partial charge >= 0.3 is 0 Å². The molecule has 0 fully saturated rings. The first-order valence-corrected chi connectivity index (χ1v) is 18.3. The summed E-state index contributed by atoms with van der Waals surface area (Å²) in [6.45, 7) is 0.169. The summed E-state index contributed by atoms with van der Waals surface area (Å²) in [6.07, 6.45) is -8.79. The standard InChI is InChI=1S/C27H54Cl6N4O9/c28-1-19(38)7-34(8-20(39)2-29)13-25(44)16-37(17-26(45)14-35(9-21(40)3-30)10-22(41)4-31)18-27(46)15-36(11-23(42)5-32)12-24(43)6-33/h19-27,38-46H,1-18H2. The van der Waals surface area contributed by atoms with E-state index in [1.165, 1.54) is 0 Å². The summed E-state index contributed by atoms with van der Waals surface area (Å²) in [4.78, 5) is 6.46. The van der Waals surface area contributed by atoms with Crippen LogP contribution in [0.1, 0.15) is 0 Å². The van der Waals surface area contributed by atoms with Crippen molar-refractivity contribution in [2.45, 2.75) is 54.9 Å². The predicted octanol–water partition coefficient (Wildman–Crippen LogP) is -2.12. The molecule has 0 spiro atoms. The Morgan fingerprint density at radius 3 is 0.457 bits per heavy atom. The summed E-state index contributed by atoms with van der Waals surface area (Å²) in [7, 11) is 0. The average Bonchev–Trinajstić information content (AvgIpc) is 2.99. The van der Waals surface area contributed by atoms with E-state index in [-0.39, 0.29) is 114 Å². The lowest BCUT2D eigenvalue weighted by Gasteiger charge is -2.35. The summed E-state index contributed by atoms with van der Waals surface area (Å²) in [5.41, 5.74) is 0. The Morgan fingerprint density at radius 1 is 0.239 bits per heavy atom. The van der Waals surface area contributed by atoms with Gasteiger partial charge in [-0.15, -0.1) is 69.6 Å². The van der Waals surface area contributed by atoms with Crippen LogP contribution in [0.15, 0.2) is 0 Å². The highest BCUT2D eigenvalue weighted by molar-refractivity contribution is 6.19. The van der Waals surface area contributed by atoms with Crippen LogP contribution in [0.3, 0.4) is 0 Å². The van der Waals surface area contributed by atoms with Gasteiger partial charge in [-0.3, -0.25) is 19.6 Å². The Balaban J connectivity index is 5.89. The number of halogens is 6. The summed E-state index contributed by atoms with van der Waals surface area (Å²) in [5.74, 6) is -0.365. The molecule has 0 radical (unpaired) electrons. The fourth-order valence-electron chi connectivity index (χ4n) is 4.94. The summed E-state index contributed by atoms with van der Waals surface area (Å²) in [5, 5.41) is 93.7. The minimum absolute atomic E-state index is 0.00348. The van der Waals surface area contributed by atoms with Crippen LogP contribution in [-0.4, -0.2) is 234 Å². The number of nitrogens with zero attached hydrogens (tertiary/aromatic N) is 4. The molecule has 0 saturated heterocycles. The van der Waals surface area contributed by atoms with Gasteiger partial charge in [0.05, 0.1) is 54.9 Å². The van der Waals surface area contributed by atoms with Crippen molar-refractivity contribution >= 4 is 69.6 Å². The van der Waals surface area contributed by atoms with Gasteiger partial charge < -0.3 is 46.0 Å². The van der Waals surface area contributed by atoms with Crippen LogP contribution >= 0.6 is 69.6 Å². The SMILES string of the molecule is OC(CCl)CN(CC(O)CCl)CC(O)CN(CC(O)CN(CC(O)CCl)CC(O)CCl)CC(O)CN(CC(O)CCl)CC(O)CCl. The molecule has 278 valence electrons. The normalized spacial score (nSPS) is 18.6. The topological polar surface area (TPSA) is 195 Å². The van der Waals surface area contributed by atoms with Crippen molar-refractivity contribution in [3.05, 3.63) is 0 Å². The summed E-state index contributed by atoms with van der Waals surface area (Å²) < 4.78 is 0. The van der Waals surface area contributed by atoms with E-state index >= 15 is 0 Å². The smallest absolute Gasteiger partial charge is 0.0802 e. The highest BCUT2D eigenvalue weighted by Gasteiger charge is 2.26. The minimum Gasteiger partial charge on any atom is -0.391 e. The Labute approximate surface area is 302 Å². The molecule has 19 heteroatoms. The molecule has 46 heavy (non-hydrogen) atoms. The third kappa shape index (κ3) is 23.6. The molecular formula is C27H54Cl6N4O9. The van der Waals surface area contributed by atoms with Gasteiger partial charge in [0, 0.05) is 114 Å². The predicted molar refractivity (Wildman–Crippen MR) is 184 cm³/mol. The minimum atomic E-state index is -1.08. The van der Waals surface area contributed by atoms with Gasteiger partial charge in [0.2, 0.25) is 0 Å². The number of hydrogen-bond donors (Lipinski definition) is 9. The number of aliphatic hydroxyl groups is 9. The first kappa shape index (κ1) is 47.2. The second-order valence-corrected chi connectivity index (χ2v) is 13.5. The van der Waals surface area contributed by atoms with E-state index in [4.69, 9.17) is 69.6 Å². The van der Waals surface area contributed by atoms with E-state index in [1.54, 1.807) is 19.6 Å². The highest BCUT2D eigenvalue weighted by atomic mass is 35.5. The molecule has 9 unspecified atom stereocenters. The van der Waals surface area contributed by atoms with Crippen LogP contribution in [0.5, 0.6) is 0 Å². The van der Waals surface area contributed by atoms with Crippen LogP contribution in [0.4, 0.5) is 0 Å². The molecule has 0 aromatic rings. The summed E-state index contributed by atoms with van der Waals surface area (Å²) in [6, 6.07) is 0. The molecule has 0 aliphatic carbocycles. The zero-order valence-corrected chi connectivity index (χ0v) is 30.5. The lowest BCUT2D eigenvalue weighted by atomic mass is 10.2. The molecule has 0 saturated carbocycles. The zero-order valence-electron chi connectivity index (χ0n) is 26.0. The van der Waals surface area contributed by atoms with Gasteiger partial charge in [-0.25, -0.2) is 0 Å². The van der Waals surface area contributed by atoms with E-state index in [2.05, 4.69) is 0 Å². The fourth-order valence-corrected chi connectivity index (χ4v) is 5.52. The van der Waals surface area contributed by atoms with Crippen LogP contribution < -0.4 is 0 Å². The van der Waals surface area contributed by atoms with Gasteiger partial charge in [-0.1, -0.05) is 0 Å². The molecular weight excluding hydrogens is 737 g/mol. The highest BCUT2D eigenvalue weighted by Crippen LogP contribution is 2.09. The first-order valence-electron chi connectivity index (χ1n) is 15.1. The van der Waals surface area contributed by atoms with Crippen LogP contribution in [0.2, 0.25) is 0 Å². The molecule has 0 aliphatic heterocycles. The number of aliphatic hydroxyl groups excluding tert-OH is 9. The Bertz CT molecular complexity index is 612. The molecule has 0 aromatic heterocycles. The van der Waals surface area contributed by atoms with Gasteiger partial charge in [0.1, 0.15) is 0 Å². The van der Waals surface area contributed by atoms with E-state index in [9.17, 15) is 46.0 Å². The number of hydrogen-bond acceptors (Lipinski definition) is 13. The Morgan fingerprint density at radius 2 is 0.348 bits per heavy atom. The Kier molecular flexibility index (Phi) is 28.6. The quantitative estimate of drug-likeness (QED) is 0.0359. The molecule has 9 atom stereocenters. The lowest BCUT2D eigenvalue weighted by molar-refractivity contribution is -0.00753. The molecule has 0 amide bonds. The van der Waals surface area contributed by atoms with E-state index in [0.717, 1.165) is 0 Å². The third-order valence-corrected chi connectivity index (χ3v) is 8.83. The molecule has 0 heterocycles. The van der Waals surface area contributed by atoms with Gasteiger partial charge in [0.15, 0.2) is 0 Å². The van der Waals surface area contributed by atoms with Crippen molar-refractivity contribution < 1.29 is 46.0 Å². The van der Waals surface area contributed by atoms with E-state index in [1.807, 2.05) is 0 Å². The maximum atomic E-state index is 11.1. The zero-order chi connectivity index (χ0) is 35.2. The van der Waals surface area contributed by atoms with Crippen LogP contribution in [0.25, 0.3) is 0 Å². The molecule has 0 rings (SSSR count). The monoisotopic (exact) mass is 788 g/mol. The van der Waals surface area contributed by atoms with Gasteiger partial charge in [0.25, 0.3) is 0 Å². The second kappa shape index (κ2) is 27.9. The third-order valence-electron chi connectivity index (χ3n) is 6.70. The Hall–Kier alpha value is 1.22. The fraction of sp³-hybridized carbons (Fsp3) is 1.00. The lowest BCUT2D eigenvalue weighted by Crippen LogP contribution is -2.51. The second-order valence-electron chi connectivity index (χ2n) is 11.7. The maximum absolute atomic E-state index is 11.1. The molecule has 13 nitrogen and oxygen atoms in total. The molecule has 0 aromatic carbocycles. The van der Waals surface area contributed by atoms with E-state index < -0.39 is 54.9 Å². The summed E-state index contributed by atoms with van der Waals surface area (Å²) >= 11 is 34.5. The number of alkyl halides is 6. The maximum Gasteiger partial charge on any atom is 0.0802 e. The van der Waals surface area contributed by atoms with Crippen molar-refractivity contribution in [1.82, 2.24) is 19.6 Å². The molecule has 0 bridgehead atoms. The molecule has 0 aliphatic rings. The van der Waals surface area contributed by atoms with Crippen molar-refractivity contribution in [3.8, 4) is 0 Å². The van der Waals surface area contributed by atoms with Crippen molar-refractivity contribution in [2.24, 2.45) is 0 Å². The van der Waals surface area contributed by atoms with Crippen molar-refractivity contribution in [1.29, 1.82) is 0 Å². The average molecular weight is 791 g/mol. The number of rotatable bonds is 30. The van der Waals surface area contributed by atoms with E-state index in [0.29, 0.717) is 0 Å². The van der Waals surface area contributed by atoms with Crippen molar-refractivity contribution in [3.63, 3.8) is 0 Å². The first-order chi connectivity index (χ1) is 21.7. The van der Waals surface area contributed by atoms with Gasteiger partial charge in [-0.2, -0.15) is 0 Å². The van der Waals surface area contributed by atoms with Crippen molar-refractivity contribution in [2.75, 3.05) is 114 Å². The van der Waals surface area contributed by atoms with Crippen LogP contribution in [-0.2, 0) is 0 Å². The van der Waals surface area contributed by atoms with Gasteiger partial charge in [-0.05, 0) is 0 Å².